The molecule has 2 aromatic rings. The number of alkyl halides is 3. The summed E-state index contributed by atoms with van der Waals surface area (Å²) in [6.07, 6.45) is 2.06. The number of aliphatic hydroxyl groups excluding tert-OH is 1. The third kappa shape index (κ3) is 5.82. The molecule has 2 N–H and O–H groups in total. The fourth-order valence-corrected chi connectivity index (χ4v) is 3.85. The molecule has 8 nitrogen and oxygen atoms in total. The van der Waals surface area contributed by atoms with Crippen LogP contribution in [0, 0.1) is 22.7 Å². The molecule has 1 fully saturated rings. The van der Waals surface area contributed by atoms with Gasteiger partial charge in [-0.1, -0.05) is 20.3 Å². The molecule has 0 radical (unpaired) electrons. The van der Waals surface area contributed by atoms with Gasteiger partial charge >= 0.3 is 6.18 Å². The Labute approximate surface area is 183 Å². The quantitative estimate of drug-likeness (QED) is 0.659. The number of hydrogen-bond donors (Lipinski definition) is 2. The van der Waals surface area contributed by atoms with Gasteiger partial charge in [-0.2, -0.15) is 18.4 Å². The fourth-order valence-electron chi connectivity index (χ4n) is 3.85. The predicted octanol–water partition coefficient (Wildman–Crippen LogP) is 3.42. The second-order valence-electron chi connectivity index (χ2n) is 8.45. The zero-order valence-corrected chi connectivity index (χ0v) is 17.9. The van der Waals surface area contributed by atoms with Gasteiger partial charge in [-0.3, -0.25) is 0 Å². The lowest BCUT2D eigenvalue weighted by Crippen LogP contribution is -2.41. The number of nitrogens with zero attached hydrogens (tertiary/aromatic N) is 5. The Bertz CT molecular complexity index is 977. The molecular weight excluding hydrogens is 425 g/mol. The number of ether oxygens (including phenoxy) is 1. The van der Waals surface area contributed by atoms with E-state index in [0.717, 1.165) is 25.6 Å². The van der Waals surface area contributed by atoms with Gasteiger partial charge in [-0.05, 0) is 30.6 Å². The molecule has 1 aliphatic carbocycles. The van der Waals surface area contributed by atoms with Crippen LogP contribution in [0.2, 0.25) is 0 Å². The summed E-state index contributed by atoms with van der Waals surface area (Å²) in [5, 5.41) is 22.8. The summed E-state index contributed by atoms with van der Waals surface area (Å²) in [7, 11) is 0. The summed E-state index contributed by atoms with van der Waals surface area (Å²) < 4.78 is 42.2. The average Bonchev–Trinajstić information content (AvgIpc) is 2.74. The van der Waals surface area contributed by atoms with Gasteiger partial charge in [0.25, 0.3) is 0 Å². The van der Waals surface area contributed by atoms with Gasteiger partial charge in [0.2, 0.25) is 11.8 Å². The molecule has 0 aromatic carbocycles. The van der Waals surface area contributed by atoms with Crippen molar-refractivity contribution in [3.8, 4) is 11.9 Å². The maximum Gasteiger partial charge on any atom is 0.422 e. The average molecular weight is 450 g/mol. The van der Waals surface area contributed by atoms with E-state index in [1.807, 2.05) is 13.8 Å². The van der Waals surface area contributed by atoms with Crippen molar-refractivity contribution in [3.05, 3.63) is 35.5 Å². The molecular formula is C21H25F3N6O2. The first kappa shape index (κ1) is 23.7. The summed E-state index contributed by atoms with van der Waals surface area (Å²) in [4.78, 5) is 16.2. The highest BCUT2D eigenvalue weighted by Gasteiger charge is 2.39. The smallest absolute Gasteiger partial charge is 0.422 e. The van der Waals surface area contributed by atoms with Gasteiger partial charge in [-0.15, -0.1) is 0 Å². The first-order valence-corrected chi connectivity index (χ1v) is 10.3. The number of rotatable bonds is 7. The summed E-state index contributed by atoms with van der Waals surface area (Å²) in [6, 6.07) is 2.10. The van der Waals surface area contributed by atoms with E-state index in [1.54, 1.807) is 0 Å². The van der Waals surface area contributed by atoms with Crippen LogP contribution >= 0.6 is 0 Å². The highest BCUT2D eigenvalue weighted by molar-refractivity contribution is 5.38. The number of nitriles is 1. The normalized spacial score (nSPS) is 20.4. The maximum atomic E-state index is 12.5. The molecule has 1 aliphatic rings. The first-order chi connectivity index (χ1) is 15.1. The molecule has 0 amide bonds. The molecule has 1 saturated carbocycles. The summed E-state index contributed by atoms with van der Waals surface area (Å²) in [5.41, 5.74) is 0.914. The largest absolute Gasteiger partial charge is 0.468 e. The van der Waals surface area contributed by atoms with Crippen molar-refractivity contribution >= 4 is 5.95 Å². The van der Waals surface area contributed by atoms with Crippen LogP contribution in [-0.4, -0.2) is 43.9 Å². The minimum atomic E-state index is -4.48. The van der Waals surface area contributed by atoms with Crippen molar-refractivity contribution in [2.45, 2.75) is 58.4 Å². The topological polar surface area (TPSA) is 117 Å². The van der Waals surface area contributed by atoms with Gasteiger partial charge in [0.05, 0.1) is 29.1 Å². The fraction of sp³-hybridized carbons (Fsp3) is 0.571. The molecule has 0 aliphatic heterocycles. The highest BCUT2D eigenvalue weighted by Crippen LogP contribution is 2.42. The van der Waals surface area contributed by atoms with E-state index in [1.165, 1.54) is 12.4 Å². The molecule has 0 unspecified atom stereocenters. The standard InChI is InChI=1S/C21H25F3N6O2/c1-20(2)15(4-3-5-17(20)31)6-16-13(7-25)9-27-19(30-16)28-10-14-8-26-12-29-18(14)32-11-21(22,23)24/h8-9,12,15,17,31H,3-6,10-11H2,1-2H3,(H,27,28,30)/t15-,17-/m0/s1. The zero-order chi connectivity index (χ0) is 23.4. The van der Waals surface area contributed by atoms with Crippen molar-refractivity contribution in [1.82, 2.24) is 19.9 Å². The molecule has 0 saturated heterocycles. The molecule has 32 heavy (non-hydrogen) atoms. The van der Waals surface area contributed by atoms with Gasteiger partial charge < -0.3 is 15.2 Å². The van der Waals surface area contributed by atoms with Gasteiger partial charge in [0, 0.05) is 12.7 Å². The van der Waals surface area contributed by atoms with Crippen molar-refractivity contribution in [2.24, 2.45) is 11.3 Å². The number of halogens is 3. The Hall–Kier alpha value is -3.00. The van der Waals surface area contributed by atoms with Crippen LogP contribution in [0.4, 0.5) is 19.1 Å². The lowest BCUT2D eigenvalue weighted by Gasteiger charge is -2.42. The van der Waals surface area contributed by atoms with E-state index in [4.69, 9.17) is 4.74 Å². The third-order valence-electron chi connectivity index (χ3n) is 5.93. The summed E-state index contributed by atoms with van der Waals surface area (Å²) in [6.45, 7) is 2.61. The van der Waals surface area contributed by atoms with Crippen molar-refractivity contribution in [1.29, 1.82) is 5.26 Å². The Morgan fingerprint density at radius 3 is 2.78 bits per heavy atom. The number of anilines is 1. The molecule has 172 valence electrons. The number of hydrogen-bond acceptors (Lipinski definition) is 8. The first-order valence-electron chi connectivity index (χ1n) is 10.3. The third-order valence-corrected chi connectivity index (χ3v) is 5.93. The lowest BCUT2D eigenvalue weighted by molar-refractivity contribution is -0.154. The second-order valence-corrected chi connectivity index (χ2v) is 8.45. The van der Waals surface area contributed by atoms with Crippen LogP contribution in [0.5, 0.6) is 5.88 Å². The van der Waals surface area contributed by atoms with E-state index in [9.17, 15) is 23.5 Å². The molecule has 0 spiro atoms. The second kappa shape index (κ2) is 9.65. The number of nitrogens with one attached hydrogen (secondary N) is 1. The SMILES string of the molecule is CC1(C)[C@H](Cc2nc(NCc3cncnc3OCC(F)(F)F)ncc2C#N)CCC[C@@H]1O. The Kier molecular flexibility index (Phi) is 7.13. The highest BCUT2D eigenvalue weighted by atomic mass is 19.4. The lowest BCUT2D eigenvalue weighted by atomic mass is 9.65. The van der Waals surface area contributed by atoms with Gasteiger partial charge in [0.1, 0.15) is 12.4 Å². The van der Waals surface area contributed by atoms with Crippen LogP contribution in [0.3, 0.4) is 0 Å². The Morgan fingerprint density at radius 1 is 1.28 bits per heavy atom. The molecule has 2 atom stereocenters. The minimum absolute atomic E-state index is 0.0347. The summed E-state index contributed by atoms with van der Waals surface area (Å²) in [5.74, 6) is 0.182. The van der Waals surface area contributed by atoms with Gasteiger partial charge in [-0.25, -0.2) is 19.9 Å². The Balaban J connectivity index is 1.74. The van der Waals surface area contributed by atoms with Crippen molar-refractivity contribution < 1.29 is 23.0 Å². The molecule has 2 heterocycles. The van der Waals surface area contributed by atoms with Crippen LogP contribution < -0.4 is 10.1 Å². The summed E-state index contributed by atoms with van der Waals surface area (Å²) >= 11 is 0. The van der Waals surface area contributed by atoms with Crippen molar-refractivity contribution in [2.75, 3.05) is 11.9 Å². The maximum absolute atomic E-state index is 12.5. The van der Waals surface area contributed by atoms with E-state index < -0.39 is 18.9 Å². The van der Waals surface area contributed by atoms with Crippen molar-refractivity contribution in [3.63, 3.8) is 0 Å². The van der Waals surface area contributed by atoms with E-state index in [-0.39, 0.29) is 29.7 Å². The molecule has 0 bridgehead atoms. The molecule has 2 aromatic heterocycles. The number of aromatic nitrogens is 4. The van der Waals surface area contributed by atoms with Crippen LogP contribution in [-0.2, 0) is 13.0 Å². The van der Waals surface area contributed by atoms with E-state index in [0.29, 0.717) is 23.2 Å². The molecule has 3 rings (SSSR count). The van der Waals surface area contributed by atoms with E-state index in [2.05, 4.69) is 31.3 Å². The zero-order valence-electron chi connectivity index (χ0n) is 17.9. The van der Waals surface area contributed by atoms with Crippen LogP contribution in [0.15, 0.2) is 18.7 Å². The van der Waals surface area contributed by atoms with Crippen LogP contribution in [0.25, 0.3) is 0 Å². The van der Waals surface area contributed by atoms with Crippen LogP contribution in [0.1, 0.15) is 49.9 Å². The minimum Gasteiger partial charge on any atom is -0.468 e. The monoisotopic (exact) mass is 450 g/mol. The molecule has 11 heteroatoms. The van der Waals surface area contributed by atoms with Gasteiger partial charge in [0.15, 0.2) is 6.61 Å². The number of aliphatic hydroxyl groups is 1. The van der Waals surface area contributed by atoms with E-state index >= 15 is 0 Å². The predicted molar refractivity (Wildman–Crippen MR) is 108 cm³/mol. The Morgan fingerprint density at radius 2 is 2.06 bits per heavy atom.